The minimum Gasteiger partial charge on any atom is -0.496 e. The summed E-state index contributed by atoms with van der Waals surface area (Å²) in [6, 6.07) is 1.90. The molecule has 1 aromatic carbocycles. The molecule has 0 aliphatic rings. The molecule has 0 bridgehead atoms. The van der Waals surface area contributed by atoms with Crippen molar-refractivity contribution in [3.63, 3.8) is 0 Å². The number of carboxylic acid groups (broad SMARTS) is 1. The molecule has 104 valence electrons. The number of carbonyl (C=O) groups is 2. The molecule has 0 atom stereocenters. The van der Waals surface area contributed by atoms with Gasteiger partial charge in [-0.15, -0.1) is 0 Å². The fourth-order valence-corrected chi connectivity index (χ4v) is 2.05. The van der Waals surface area contributed by atoms with Crippen molar-refractivity contribution in [2.45, 2.75) is 27.2 Å². The van der Waals surface area contributed by atoms with Crippen LogP contribution in [0.15, 0.2) is 6.07 Å². The van der Waals surface area contributed by atoms with Gasteiger partial charge in [0.1, 0.15) is 12.3 Å². The quantitative estimate of drug-likeness (QED) is 0.843. The van der Waals surface area contributed by atoms with Gasteiger partial charge in [-0.05, 0) is 43.0 Å². The largest absolute Gasteiger partial charge is 0.496 e. The van der Waals surface area contributed by atoms with Gasteiger partial charge in [-0.2, -0.15) is 0 Å². The van der Waals surface area contributed by atoms with Crippen molar-refractivity contribution in [2.75, 3.05) is 13.7 Å². The van der Waals surface area contributed by atoms with Crippen LogP contribution >= 0.6 is 0 Å². The fraction of sp³-hybridized carbons (Fsp3) is 0.429. The van der Waals surface area contributed by atoms with Crippen LogP contribution in [0, 0.1) is 20.8 Å². The van der Waals surface area contributed by atoms with Crippen molar-refractivity contribution >= 4 is 11.9 Å². The van der Waals surface area contributed by atoms with E-state index in [0.717, 1.165) is 28.0 Å². The zero-order valence-electron chi connectivity index (χ0n) is 11.7. The lowest BCUT2D eigenvalue weighted by Gasteiger charge is -2.15. The summed E-state index contributed by atoms with van der Waals surface area (Å²) >= 11 is 0. The first-order valence-corrected chi connectivity index (χ1v) is 5.99. The van der Waals surface area contributed by atoms with E-state index < -0.39 is 5.97 Å². The van der Waals surface area contributed by atoms with Gasteiger partial charge in [-0.3, -0.25) is 9.59 Å². The second kappa shape index (κ2) is 6.22. The molecule has 0 spiro atoms. The zero-order chi connectivity index (χ0) is 14.6. The van der Waals surface area contributed by atoms with Crippen molar-refractivity contribution < 1.29 is 19.4 Å². The Hall–Kier alpha value is -2.04. The Morgan fingerprint density at radius 1 is 1.26 bits per heavy atom. The number of benzene rings is 1. The van der Waals surface area contributed by atoms with Gasteiger partial charge in [0.05, 0.1) is 13.5 Å². The first-order valence-electron chi connectivity index (χ1n) is 5.99. The van der Waals surface area contributed by atoms with E-state index in [9.17, 15) is 9.59 Å². The van der Waals surface area contributed by atoms with Crippen LogP contribution in [0.25, 0.3) is 0 Å². The monoisotopic (exact) mass is 265 g/mol. The third-order valence-electron chi connectivity index (χ3n) is 3.13. The van der Waals surface area contributed by atoms with Crippen molar-refractivity contribution in [1.29, 1.82) is 0 Å². The van der Waals surface area contributed by atoms with E-state index in [2.05, 4.69) is 5.32 Å². The average Bonchev–Trinajstić information content (AvgIpc) is 2.34. The highest BCUT2D eigenvalue weighted by Gasteiger charge is 2.13. The van der Waals surface area contributed by atoms with Gasteiger partial charge in [0.15, 0.2) is 0 Å². The van der Waals surface area contributed by atoms with Crippen LogP contribution < -0.4 is 10.1 Å². The summed E-state index contributed by atoms with van der Waals surface area (Å²) in [5.74, 6) is -0.520. The number of aliphatic carboxylic acids is 1. The van der Waals surface area contributed by atoms with Gasteiger partial charge in [0.25, 0.3) is 0 Å². The normalized spacial score (nSPS) is 10.1. The van der Waals surface area contributed by atoms with Gasteiger partial charge in [0, 0.05) is 0 Å². The predicted octanol–water partition coefficient (Wildman–Crippen LogP) is 1.36. The molecule has 0 radical (unpaired) electrons. The topological polar surface area (TPSA) is 75.6 Å². The first kappa shape index (κ1) is 15.0. The Balaban J connectivity index is 2.90. The van der Waals surface area contributed by atoms with Crippen molar-refractivity contribution in [1.82, 2.24) is 5.32 Å². The van der Waals surface area contributed by atoms with E-state index in [1.165, 1.54) is 0 Å². The van der Waals surface area contributed by atoms with E-state index in [0.29, 0.717) is 0 Å². The second-order valence-corrected chi connectivity index (χ2v) is 4.48. The van der Waals surface area contributed by atoms with Crippen LogP contribution in [-0.2, 0) is 16.0 Å². The Morgan fingerprint density at radius 2 is 1.89 bits per heavy atom. The summed E-state index contributed by atoms with van der Waals surface area (Å²) < 4.78 is 5.32. The Morgan fingerprint density at radius 3 is 2.42 bits per heavy atom. The molecule has 5 heteroatoms. The second-order valence-electron chi connectivity index (χ2n) is 4.48. The Labute approximate surface area is 112 Å². The SMILES string of the molecule is COc1c(C)cc(CC(=O)NCC(=O)O)c(C)c1C. The van der Waals surface area contributed by atoms with Crippen LogP contribution in [0.3, 0.4) is 0 Å². The molecule has 19 heavy (non-hydrogen) atoms. The van der Waals surface area contributed by atoms with Crippen molar-refractivity contribution in [2.24, 2.45) is 0 Å². The minimum absolute atomic E-state index is 0.171. The molecule has 0 aliphatic heterocycles. The van der Waals surface area contributed by atoms with Crippen LogP contribution in [-0.4, -0.2) is 30.6 Å². The molecule has 0 saturated heterocycles. The molecule has 0 aliphatic carbocycles. The van der Waals surface area contributed by atoms with E-state index in [-0.39, 0.29) is 18.9 Å². The highest BCUT2D eigenvalue weighted by molar-refractivity contribution is 5.83. The maximum atomic E-state index is 11.6. The minimum atomic E-state index is -1.05. The van der Waals surface area contributed by atoms with Crippen LogP contribution in [0.2, 0.25) is 0 Å². The molecule has 0 aromatic heterocycles. The number of carbonyl (C=O) groups excluding carboxylic acids is 1. The molecule has 5 nitrogen and oxygen atoms in total. The molecule has 0 fully saturated rings. The number of carboxylic acids is 1. The standard InChI is InChI=1S/C14H19NO4/c1-8-5-11(6-12(16)15-7-13(17)18)9(2)10(3)14(8)19-4/h5H,6-7H2,1-4H3,(H,15,16)(H,17,18). The summed E-state index contributed by atoms with van der Waals surface area (Å²) in [6.07, 6.45) is 0.171. The molecule has 0 heterocycles. The lowest BCUT2D eigenvalue weighted by Crippen LogP contribution is -2.30. The van der Waals surface area contributed by atoms with Gasteiger partial charge < -0.3 is 15.2 Å². The van der Waals surface area contributed by atoms with Gasteiger partial charge >= 0.3 is 5.97 Å². The smallest absolute Gasteiger partial charge is 0.322 e. The number of methoxy groups -OCH3 is 1. The van der Waals surface area contributed by atoms with Crippen molar-refractivity contribution in [3.8, 4) is 5.75 Å². The number of hydrogen-bond donors (Lipinski definition) is 2. The number of nitrogens with one attached hydrogen (secondary N) is 1. The van der Waals surface area contributed by atoms with Crippen LogP contribution in [0.1, 0.15) is 22.3 Å². The van der Waals surface area contributed by atoms with E-state index >= 15 is 0 Å². The third kappa shape index (κ3) is 3.71. The maximum absolute atomic E-state index is 11.6. The van der Waals surface area contributed by atoms with Gasteiger partial charge in [-0.1, -0.05) is 6.07 Å². The lowest BCUT2D eigenvalue weighted by molar-refractivity contribution is -0.137. The van der Waals surface area contributed by atoms with Gasteiger partial charge in [-0.25, -0.2) is 0 Å². The summed E-state index contributed by atoms with van der Waals surface area (Å²) in [4.78, 5) is 22.0. The van der Waals surface area contributed by atoms with E-state index in [1.54, 1.807) is 7.11 Å². The molecular weight excluding hydrogens is 246 g/mol. The van der Waals surface area contributed by atoms with Crippen molar-refractivity contribution in [3.05, 3.63) is 28.3 Å². The summed E-state index contributed by atoms with van der Waals surface area (Å²) in [7, 11) is 1.62. The fourth-order valence-electron chi connectivity index (χ4n) is 2.05. The third-order valence-corrected chi connectivity index (χ3v) is 3.13. The molecule has 0 saturated carbocycles. The molecule has 1 amide bonds. The molecular formula is C14H19NO4. The number of ether oxygens (including phenoxy) is 1. The number of amides is 1. The highest BCUT2D eigenvalue weighted by atomic mass is 16.5. The predicted molar refractivity (Wildman–Crippen MR) is 71.6 cm³/mol. The van der Waals surface area contributed by atoms with Crippen LogP contribution in [0.5, 0.6) is 5.75 Å². The number of aryl methyl sites for hydroxylation is 1. The van der Waals surface area contributed by atoms with Crippen LogP contribution in [0.4, 0.5) is 0 Å². The van der Waals surface area contributed by atoms with E-state index in [4.69, 9.17) is 9.84 Å². The average molecular weight is 265 g/mol. The molecule has 2 N–H and O–H groups in total. The Kier molecular flexibility index (Phi) is 4.92. The lowest BCUT2D eigenvalue weighted by atomic mass is 9.96. The first-order chi connectivity index (χ1) is 8.86. The highest BCUT2D eigenvalue weighted by Crippen LogP contribution is 2.28. The van der Waals surface area contributed by atoms with E-state index in [1.807, 2.05) is 26.8 Å². The number of rotatable bonds is 5. The number of hydrogen-bond acceptors (Lipinski definition) is 3. The van der Waals surface area contributed by atoms with Gasteiger partial charge in [0.2, 0.25) is 5.91 Å². The maximum Gasteiger partial charge on any atom is 0.322 e. The molecule has 1 aromatic rings. The zero-order valence-corrected chi connectivity index (χ0v) is 11.7. The summed E-state index contributed by atoms with van der Waals surface area (Å²) in [5.41, 5.74) is 3.85. The Bertz CT molecular complexity index is 509. The summed E-state index contributed by atoms with van der Waals surface area (Å²) in [5, 5.41) is 10.9. The molecule has 1 rings (SSSR count). The summed E-state index contributed by atoms with van der Waals surface area (Å²) in [6.45, 7) is 5.44. The molecule has 0 unspecified atom stereocenters.